The number of hydrogen-bond acceptors (Lipinski definition) is 5. The van der Waals surface area contributed by atoms with E-state index in [2.05, 4.69) is 10.6 Å². The van der Waals surface area contributed by atoms with Gasteiger partial charge in [0.05, 0.1) is 25.6 Å². The Morgan fingerprint density at radius 3 is 2.39 bits per heavy atom. The molecule has 0 aromatic heterocycles. The Hall–Kier alpha value is -4.60. The van der Waals surface area contributed by atoms with Crippen LogP contribution in [0.15, 0.2) is 66.7 Å². The molecule has 0 radical (unpaired) electrons. The summed E-state index contributed by atoms with van der Waals surface area (Å²) in [5.41, 5.74) is 2.01. The molecule has 9 nitrogen and oxygen atoms in total. The van der Waals surface area contributed by atoms with Crippen LogP contribution in [0.1, 0.15) is 5.56 Å². The van der Waals surface area contributed by atoms with Crippen molar-refractivity contribution < 1.29 is 28.2 Å². The lowest BCUT2D eigenvalue weighted by Crippen LogP contribution is -2.52. The van der Waals surface area contributed by atoms with Crippen LogP contribution in [-0.2, 0) is 16.1 Å². The predicted octanol–water partition coefficient (Wildman–Crippen LogP) is 3.54. The molecule has 0 saturated heterocycles. The fourth-order valence-corrected chi connectivity index (χ4v) is 3.85. The SMILES string of the molecule is COc1ccc(OC)c(CNC(=O)CN2C(=O)CN(C(=O)Nc3ccc(F)cc3)c3ccccc32)c1. The number of benzene rings is 3. The summed E-state index contributed by atoms with van der Waals surface area (Å²) in [6.07, 6.45) is 0. The molecule has 0 bridgehead atoms. The van der Waals surface area contributed by atoms with Crippen molar-refractivity contribution in [1.29, 1.82) is 0 Å². The molecule has 186 valence electrons. The van der Waals surface area contributed by atoms with Gasteiger partial charge in [-0.25, -0.2) is 9.18 Å². The summed E-state index contributed by atoms with van der Waals surface area (Å²) in [6.45, 7) is -0.314. The van der Waals surface area contributed by atoms with Crippen LogP contribution in [0, 0.1) is 5.82 Å². The number of amides is 4. The first-order valence-corrected chi connectivity index (χ1v) is 11.1. The maximum absolute atomic E-state index is 13.2. The molecule has 1 aliphatic rings. The molecule has 0 aliphatic carbocycles. The third-order valence-corrected chi connectivity index (χ3v) is 5.66. The quantitative estimate of drug-likeness (QED) is 0.526. The zero-order valence-electron chi connectivity index (χ0n) is 19.8. The summed E-state index contributed by atoms with van der Waals surface area (Å²) in [4.78, 5) is 41.3. The molecule has 0 atom stereocenters. The van der Waals surface area contributed by atoms with Crippen LogP contribution >= 0.6 is 0 Å². The maximum atomic E-state index is 13.2. The summed E-state index contributed by atoms with van der Waals surface area (Å²) in [6, 6.07) is 16.9. The van der Waals surface area contributed by atoms with Gasteiger partial charge in [0, 0.05) is 17.8 Å². The number of para-hydroxylation sites is 2. The van der Waals surface area contributed by atoms with Gasteiger partial charge in [0.2, 0.25) is 11.8 Å². The Balaban J connectivity index is 1.47. The van der Waals surface area contributed by atoms with E-state index in [-0.39, 0.29) is 25.5 Å². The number of carbonyl (C=O) groups excluding carboxylic acids is 3. The molecule has 3 aromatic rings. The van der Waals surface area contributed by atoms with Crippen molar-refractivity contribution in [2.24, 2.45) is 0 Å². The van der Waals surface area contributed by atoms with Gasteiger partial charge in [-0.3, -0.25) is 19.4 Å². The van der Waals surface area contributed by atoms with Crippen molar-refractivity contribution in [3.8, 4) is 11.5 Å². The van der Waals surface area contributed by atoms with E-state index in [9.17, 15) is 18.8 Å². The number of anilines is 3. The van der Waals surface area contributed by atoms with Crippen LogP contribution in [0.25, 0.3) is 0 Å². The first-order valence-electron chi connectivity index (χ1n) is 11.1. The van der Waals surface area contributed by atoms with Gasteiger partial charge in [-0.2, -0.15) is 0 Å². The van der Waals surface area contributed by atoms with Gasteiger partial charge in [-0.15, -0.1) is 0 Å². The molecule has 4 rings (SSSR count). The maximum Gasteiger partial charge on any atom is 0.326 e. The van der Waals surface area contributed by atoms with E-state index in [1.165, 1.54) is 41.2 Å². The molecular formula is C26H25FN4O5. The average Bonchev–Trinajstić information content (AvgIpc) is 2.89. The number of urea groups is 1. The van der Waals surface area contributed by atoms with E-state index >= 15 is 0 Å². The zero-order chi connectivity index (χ0) is 25.7. The van der Waals surface area contributed by atoms with Crippen molar-refractivity contribution in [1.82, 2.24) is 5.32 Å². The topological polar surface area (TPSA) is 100 Å². The van der Waals surface area contributed by atoms with Crippen molar-refractivity contribution in [2.75, 3.05) is 42.4 Å². The van der Waals surface area contributed by atoms with Crippen LogP contribution in [0.2, 0.25) is 0 Å². The van der Waals surface area contributed by atoms with Crippen LogP contribution in [-0.4, -0.2) is 45.2 Å². The van der Waals surface area contributed by atoms with Crippen LogP contribution in [0.5, 0.6) is 11.5 Å². The molecule has 1 heterocycles. The third-order valence-electron chi connectivity index (χ3n) is 5.66. The highest BCUT2D eigenvalue weighted by Crippen LogP contribution is 2.33. The number of carbonyl (C=O) groups is 3. The molecule has 3 aromatic carbocycles. The van der Waals surface area contributed by atoms with E-state index in [4.69, 9.17) is 9.47 Å². The number of ether oxygens (including phenoxy) is 2. The fourth-order valence-electron chi connectivity index (χ4n) is 3.85. The molecule has 10 heteroatoms. The standard InChI is InChI=1S/C26H25FN4O5/c1-35-20-11-12-23(36-2)17(13-20)14-28-24(32)15-30-21-5-3-4-6-22(21)31(16-25(30)33)26(34)29-19-9-7-18(27)8-10-19/h3-13H,14-16H2,1-2H3,(H,28,32)(H,29,34). The number of halogens is 1. The van der Waals surface area contributed by atoms with E-state index in [1.54, 1.807) is 49.6 Å². The first kappa shape index (κ1) is 24.5. The number of rotatable bonds is 7. The second kappa shape index (κ2) is 10.8. The van der Waals surface area contributed by atoms with Gasteiger partial charge in [-0.05, 0) is 54.6 Å². The van der Waals surface area contributed by atoms with Crippen LogP contribution in [0.3, 0.4) is 0 Å². The number of hydrogen-bond donors (Lipinski definition) is 2. The monoisotopic (exact) mass is 492 g/mol. The molecule has 0 spiro atoms. The van der Waals surface area contributed by atoms with Crippen molar-refractivity contribution in [2.45, 2.75) is 6.54 Å². The number of nitrogens with zero attached hydrogens (tertiary/aromatic N) is 2. The Bertz CT molecular complexity index is 1280. The lowest BCUT2D eigenvalue weighted by Gasteiger charge is -2.35. The Morgan fingerprint density at radius 1 is 0.972 bits per heavy atom. The smallest absolute Gasteiger partial charge is 0.326 e. The summed E-state index contributed by atoms with van der Waals surface area (Å²) >= 11 is 0. The lowest BCUT2D eigenvalue weighted by molar-refractivity contribution is -0.123. The molecule has 0 fully saturated rings. The molecule has 0 unspecified atom stereocenters. The second-order valence-corrected chi connectivity index (χ2v) is 7.95. The molecule has 0 saturated carbocycles. The second-order valence-electron chi connectivity index (χ2n) is 7.95. The fraction of sp³-hybridized carbons (Fsp3) is 0.192. The minimum Gasteiger partial charge on any atom is -0.497 e. The van der Waals surface area contributed by atoms with Gasteiger partial charge < -0.3 is 20.1 Å². The predicted molar refractivity (Wildman–Crippen MR) is 133 cm³/mol. The average molecular weight is 493 g/mol. The molecule has 1 aliphatic heterocycles. The highest BCUT2D eigenvalue weighted by Gasteiger charge is 2.33. The molecule has 4 amide bonds. The van der Waals surface area contributed by atoms with Crippen molar-refractivity contribution in [3.05, 3.63) is 78.1 Å². The Labute approximate surface area is 207 Å². The van der Waals surface area contributed by atoms with Crippen molar-refractivity contribution in [3.63, 3.8) is 0 Å². The van der Waals surface area contributed by atoms with E-state index in [1.807, 2.05) is 0 Å². The first-order chi connectivity index (χ1) is 17.4. The summed E-state index contributed by atoms with van der Waals surface area (Å²) in [5, 5.41) is 5.47. The van der Waals surface area contributed by atoms with Gasteiger partial charge in [0.1, 0.15) is 30.4 Å². The van der Waals surface area contributed by atoms with Crippen LogP contribution < -0.4 is 29.9 Å². The zero-order valence-corrected chi connectivity index (χ0v) is 19.8. The van der Waals surface area contributed by atoms with Gasteiger partial charge in [-0.1, -0.05) is 12.1 Å². The highest BCUT2D eigenvalue weighted by molar-refractivity contribution is 6.15. The minimum atomic E-state index is -0.545. The van der Waals surface area contributed by atoms with Gasteiger partial charge >= 0.3 is 6.03 Å². The number of methoxy groups -OCH3 is 2. The number of nitrogens with one attached hydrogen (secondary N) is 2. The summed E-state index contributed by atoms with van der Waals surface area (Å²) < 4.78 is 23.8. The van der Waals surface area contributed by atoms with Gasteiger partial charge in [0.15, 0.2) is 0 Å². The van der Waals surface area contributed by atoms with E-state index in [0.29, 0.717) is 28.6 Å². The summed E-state index contributed by atoms with van der Waals surface area (Å²) in [7, 11) is 3.08. The Kier molecular flexibility index (Phi) is 7.33. The molecule has 36 heavy (non-hydrogen) atoms. The van der Waals surface area contributed by atoms with Gasteiger partial charge in [0.25, 0.3) is 0 Å². The highest BCUT2D eigenvalue weighted by atomic mass is 19.1. The van der Waals surface area contributed by atoms with E-state index < -0.39 is 17.8 Å². The third kappa shape index (κ3) is 5.38. The van der Waals surface area contributed by atoms with Crippen molar-refractivity contribution >= 4 is 34.9 Å². The number of fused-ring (bicyclic) bond motifs is 1. The summed E-state index contributed by atoms with van der Waals surface area (Å²) in [5.74, 6) is -0.00735. The van der Waals surface area contributed by atoms with E-state index in [0.717, 1.165) is 5.56 Å². The molecule has 2 N–H and O–H groups in total. The normalized spacial score (nSPS) is 12.6. The lowest BCUT2D eigenvalue weighted by atomic mass is 10.1. The molecular weight excluding hydrogens is 467 g/mol. The van der Waals surface area contributed by atoms with Crippen LogP contribution in [0.4, 0.5) is 26.2 Å². The largest absolute Gasteiger partial charge is 0.497 e. The Morgan fingerprint density at radius 2 is 1.69 bits per heavy atom. The minimum absolute atomic E-state index is 0.176.